The standard InChI is InChI=1S/C18H22F3N3O4S/c1-27-15-7-6-13(10-16(15)28-2)29(25,26)22-8-3-9-24-14(12-4-5-12)11-17(23-24)18(19,20)21/h6-7,10-12,22H,3-5,8-9H2,1-2H3. The second kappa shape index (κ2) is 8.23. The van der Waals surface area contributed by atoms with Crippen molar-refractivity contribution in [3.8, 4) is 11.5 Å². The lowest BCUT2D eigenvalue weighted by Gasteiger charge is -2.11. The minimum absolute atomic E-state index is 0.00673. The number of halogens is 3. The summed E-state index contributed by atoms with van der Waals surface area (Å²) < 4.78 is 77.7. The Balaban J connectivity index is 1.62. The van der Waals surface area contributed by atoms with Gasteiger partial charge in [0, 0.05) is 30.8 Å². The molecule has 1 heterocycles. The lowest BCUT2D eigenvalue weighted by atomic mass is 10.2. The number of sulfonamides is 1. The number of methoxy groups -OCH3 is 2. The van der Waals surface area contributed by atoms with Gasteiger partial charge in [0.05, 0.1) is 19.1 Å². The van der Waals surface area contributed by atoms with E-state index in [4.69, 9.17) is 9.47 Å². The van der Waals surface area contributed by atoms with Gasteiger partial charge in [0.25, 0.3) is 0 Å². The van der Waals surface area contributed by atoms with Crippen LogP contribution in [0.4, 0.5) is 13.2 Å². The van der Waals surface area contributed by atoms with Gasteiger partial charge in [-0.25, -0.2) is 13.1 Å². The Morgan fingerprint density at radius 3 is 2.45 bits per heavy atom. The van der Waals surface area contributed by atoms with Crippen LogP contribution in [-0.2, 0) is 22.7 Å². The van der Waals surface area contributed by atoms with Gasteiger partial charge >= 0.3 is 6.18 Å². The number of rotatable bonds is 9. The van der Waals surface area contributed by atoms with Gasteiger partial charge in [0.2, 0.25) is 10.0 Å². The molecule has 1 aromatic carbocycles. The summed E-state index contributed by atoms with van der Waals surface area (Å²) in [6, 6.07) is 5.30. The molecule has 0 unspecified atom stereocenters. The van der Waals surface area contributed by atoms with Crippen LogP contribution < -0.4 is 14.2 Å². The van der Waals surface area contributed by atoms with Crippen molar-refractivity contribution in [1.29, 1.82) is 0 Å². The number of nitrogens with zero attached hydrogens (tertiary/aromatic N) is 2. The van der Waals surface area contributed by atoms with E-state index >= 15 is 0 Å². The van der Waals surface area contributed by atoms with Crippen LogP contribution in [0.2, 0.25) is 0 Å². The fraction of sp³-hybridized carbons (Fsp3) is 0.500. The minimum Gasteiger partial charge on any atom is -0.493 e. The van der Waals surface area contributed by atoms with E-state index in [0.717, 1.165) is 18.9 Å². The highest BCUT2D eigenvalue weighted by Gasteiger charge is 2.37. The molecule has 0 radical (unpaired) electrons. The molecule has 0 saturated heterocycles. The molecule has 29 heavy (non-hydrogen) atoms. The molecule has 2 aromatic rings. The maximum atomic E-state index is 12.9. The van der Waals surface area contributed by atoms with E-state index in [2.05, 4.69) is 9.82 Å². The third-order valence-corrected chi connectivity index (χ3v) is 6.06. The monoisotopic (exact) mass is 433 g/mol. The molecule has 1 aliphatic carbocycles. The van der Waals surface area contributed by atoms with Crippen molar-refractivity contribution in [1.82, 2.24) is 14.5 Å². The van der Waals surface area contributed by atoms with Gasteiger partial charge in [-0.1, -0.05) is 0 Å². The van der Waals surface area contributed by atoms with Crippen LogP contribution in [0.25, 0.3) is 0 Å². The Morgan fingerprint density at radius 1 is 1.17 bits per heavy atom. The summed E-state index contributed by atoms with van der Waals surface area (Å²) in [4.78, 5) is 0.00673. The highest BCUT2D eigenvalue weighted by Crippen LogP contribution is 2.42. The van der Waals surface area contributed by atoms with Crippen LogP contribution in [0.1, 0.15) is 36.6 Å². The van der Waals surface area contributed by atoms with E-state index in [1.165, 1.54) is 37.1 Å². The van der Waals surface area contributed by atoms with Crippen molar-refractivity contribution in [2.45, 2.75) is 42.8 Å². The fourth-order valence-electron chi connectivity index (χ4n) is 2.96. The van der Waals surface area contributed by atoms with Crippen molar-refractivity contribution < 1.29 is 31.1 Å². The second-order valence-corrected chi connectivity index (χ2v) is 8.48. The molecule has 11 heteroatoms. The number of hydrogen-bond acceptors (Lipinski definition) is 5. The fourth-order valence-corrected chi connectivity index (χ4v) is 4.05. The summed E-state index contributed by atoms with van der Waals surface area (Å²) in [7, 11) is -0.954. The van der Waals surface area contributed by atoms with Gasteiger partial charge in [0.1, 0.15) is 0 Å². The number of aromatic nitrogens is 2. The number of aryl methyl sites for hydroxylation is 1. The number of hydrogen-bond donors (Lipinski definition) is 1. The molecule has 0 bridgehead atoms. The summed E-state index contributed by atoms with van der Waals surface area (Å²) in [5, 5.41) is 3.66. The molecule has 1 aromatic heterocycles. The van der Waals surface area contributed by atoms with Gasteiger partial charge < -0.3 is 9.47 Å². The van der Waals surface area contributed by atoms with Crippen molar-refractivity contribution in [2.24, 2.45) is 0 Å². The third kappa shape index (κ3) is 5.02. The Bertz CT molecular complexity index is 969. The Morgan fingerprint density at radius 2 is 1.86 bits per heavy atom. The molecule has 160 valence electrons. The van der Waals surface area contributed by atoms with E-state index in [0.29, 0.717) is 17.9 Å². The largest absolute Gasteiger partial charge is 0.493 e. The highest BCUT2D eigenvalue weighted by atomic mass is 32.2. The predicted molar refractivity (Wildman–Crippen MR) is 98.6 cm³/mol. The first-order chi connectivity index (χ1) is 13.7. The van der Waals surface area contributed by atoms with E-state index < -0.39 is 21.9 Å². The van der Waals surface area contributed by atoms with Crippen LogP contribution in [0.15, 0.2) is 29.2 Å². The number of ether oxygens (including phenoxy) is 2. The molecule has 0 amide bonds. The van der Waals surface area contributed by atoms with Crippen molar-refractivity contribution in [3.63, 3.8) is 0 Å². The summed E-state index contributed by atoms with van der Waals surface area (Å²) in [6.45, 7) is 0.248. The van der Waals surface area contributed by atoms with Gasteiger partial charge in [-0.2, -0.15) is 18.3 Å². The van der Waals surface area contributed by atoms with Crippen molar-refractivity contribution in [2.75, 3.05) is 20.8 Å². The summed E-state index contributed by atoms with van der Waals surface area (Å²) in [5.41, 5.74) is -0.356. The Kier molecular flexibility index (Phi) is 6.08. The van der Waals surface area contributed by atoms with E-state index in [1.54, 1.807) is 0 Å². The maximum absolute atomic E-state index is 12.9. The normalized spacial score (nSPS) is 14.8. The molecular formula is C18H22F3N3O4S. The first kappa shape index (κ1) is 21.4. The lowest BCUT2D eigenvalue weighted by molar-refractivity contribution is -0.141. The Hall–Kier alpha value is -2.27. The molecule has 1 saturated carbocycles. The molecule has 1 fully saturated rings. The van der Waals surface area contributed by atoms with E-state index in [-0.39, 0.29) is 29.7 Å². The third-order valence-electron chi connectivity index (χ3n) is 4.60. The highest BCUT2D eigenvalue weighted by molar-refractivity contribution is 7.89. The lowest BCUT2D eigenvalue weighted by Crippen LogP contribution is -2.26. The van der Waals surface area contributed by atoms with Crippen molar-refractivity contribution in [3.05, 3.63) is 35.7 Å². The molecular weight excluding hydrogens is 411 g/mol. The minimum atomic E-state index is -4.50. The molecule has 7 nitrogen and oxygen atoms in total. The van der Waals surface area contributed by atoms with E-state index in [9.17, 15) is 21.6 Å². The topological polar surface area (TPSA) is 82.5 Å². The zero-order valence-corrected chi connectivity index (χ0v) is 16.8. The predicted octanol–water partition coefficient (Wildman–Crippen LogP) is 3.17. The quantitative estimate of drug-likeness (QED) is 0.615. The van der Waals surface area contributed by atoms with Crippen molar-refractivity contribution >= 4 is 10.0 Å². The summed E-state index contributed by atoms with van der Waals surface area (Å²) in [6.07, 6.45) is -2.51. The van der Waals surface area contributed by atoms with E-state index in [1.807, 2.05) is 0 Å². The van der Waals surface area contributed by atoms with Gasteiger partial charge in [-0.15, -0.1) is 0 Å². The van der Waals surface area contributed by atoms with Gasteiger partial charge in [-0.05, 0) is 37.5 Å². The average Bonchev–Trinajstić information content (AvgIpc) is 3.42. The maximum Gasteiger partial charge on any atom is 0.435 e. The van der Waals surface area contributed by atoms with Gasteiger partial charge in [0.15, 0.2) is 17.2 Å². The zero-order chi connectivity index (χ0) is 21.2. The second-order valence-electron chi connectivity index (χ2n) is 6.72. The number of alkyl halides is 3. The van der Waals surface area contributed by atoms with Crippen LogP contribution in [0.5, 0.6) is 11.5 Å². The number of benzene rings is 1. The summed E-state index contributed by atoms with van der Waals surface area (Å²) >= 11 is 0. The summed E-state index contributed by atoms with van der Waals surface area (Å²) in [5.74, 6) is 0.779. The van der Waals surface area contributed by atoms with Crippen LogP contribution in [-0.4, -0.2) is 39.0 Å². The molecule has 3 rings (SSSR count). The first-order valence-corrected chi connectivity index (χ1v) is 10.5. The average molecular weight is 433 g/mol. The smallest absolute Gasteiger partial charge is 0.435 e. The molecule has 0 spiro atoms. The molecule has 1 aliphatic rings. The SMILES string of the molecule is COc1ccc(S(=O)(=O)NCCCn2nc(C(F)(F)F)cc2C2CC2)cc1OC. The van der Waals surface area contributed by atoms with Crippen LogP contribution >= 0.6 is 0 Å². The molecule has 1 N–H and O–H groups in total. The van der Waals surface area contributed by atoms with Crippen LogP contribution in [0, 0.1) is 0 Å². The number of nitrogens with one attached hydrogen (secondary N) is 1. The Labute approximate surface area is 166 Å². The van der Waals surface area contributed by atoms with Gasteiger partial charge in [-0.3, -0.25) is 4.68 Å². The molecule has 0 atom stereocenters. The van der Waals surface area contributed by atoms with Crippen LogP contribution in [0.3, 0.4) is 0 Å². The molecule has 0 aliphatic heterocycles. The first-order valence-electron chi connectivity index (χ1n) is 9.02. The zero-order valence-electron chi connectivity index (χ0n) is 16.0.